The van der Waals surface area contributed by atoms with E-state index in [1.54, 1.807) is 10.6 Å². The molecule has 6 nitrogen and oxygen atoms in total. The summed E-state index contributed by atoms with van der Waals surface area (Å²) < 4.78 is 7.19. The number of nitrogens with one attached hydrogen (secondary N) is 1. The van der Waals surface area contributed by atoms with Crippen LogP contribution in [-0.2, 0) is 16.0 Å². The molecule has 7 heteroatoms. The minimum atomic E-state index is -0.122. The number of aromatic nitrogens is 2. The Morgan fingerprint density at radius 3 is 2.83 bits per heavy atom. The summed E-state index contributed by atoms with van der Waals surface area (Å²) in [6, 6.07) is 15.1. The second-order valence-electron chi connectivity index (χ2n) is 7.26. The summed E-state index contributed by atoms with van der Waals surface area (Å²) in [6.07, 6.45) is 2.92. The number of para-hydroxylation sites is 2. The Labute approximate surface area is 179 Å². The molecule has 1 fully saturated rings. The van der Waals surface area contributed by atoms with E-state index in [1.807, 2.05) is 42.5 Å². The van der Waals surface area contributed by atoms with Crippen LogP contribution in [0.15, 0.2) is 58.5 Å². The first-order valence-corrected chi connectivity index (χ1v) is 11.3. The lowest BCUT2D eigenvalue weighted by Gasteiger charge is -2.16. The minimum Gasteiger partial charge on any atom is -0.376 e. The average molecular weight is 424 g/mol. The van der Waals surface area contributed by atoms with Crippen LogP contribution in [0.2, 0.25) is 0 Å². The maximum absolute atomic E-state index is 13.4. The molecule has 1 saturated heterocycles. The van der Waals surface area contributed by atoms with E-state index in [2.05, 4.69) is 12.2 Å². The van der Waals surface area contributed by atoms with Crippen molar-refractivity contribution in [1.82, 2.24) is 14.9 Å². The van der Waals surface area contributed by atoms with Gasteiger partial charge in [-0.25, -0.2) is 4.98 Å². The smallest absolute Gasteiger partial charge is 0.266 e. The van der Waals surface area contributed by atoms with Gasteiger partial charge in [0.05, 0.1) is 28.4 Å². The van der Waals surface area contributed by atoms with Gasteiger partial charge in [0.2, 0.25) is 5.91 Å². The Kier molecular flexibility index (Phi) is 6.50. The second-order valence-corrected chi connectivity index (χ2v) is 8.20. The monoisotopic (exact) mass is 423 g/mol. The summed E-state index contributed by atoms with van der Waals surface area (Å²) in [5.41, 5.74) is 2.38. The van der Waals surface area contributed by atoms with Gasteiger partial charge in [0.1, 0.15) is 0 Å². The number of rotatable bonds is 7. The quantitative estimate of drug-likeness (QED) is 0.466. The Hall–Kier alpha value is -2.64. The van der Waals surface area contributed by atoms with Crippen molar-refractivity contribution in [2.24, 2.45) is 0 Å². The van der Waals surface area contributed by atoms with Crippen molar-refractivity contribution in [2.45, 2.75) is 37.4 Å². The highest BCUT2D eigenvalue weighted by molar-refractivity contribution is 7.99. The van der Waals surface area contributed by atoms with Crippen molar-refractivity contribution in [3.8, 4) is 5.69 Å². The molecule has 0 spiro atoms. The molecule has 4 rings (SSSR count). The molecule has 156 valence electrons. The van der Waals surface area contributed by atoms with Crippen LogP contribution in [0, 0.1) is 0 Å². The van der Waals surface area contributed by atoms with Crippen molar-refractivity contribution < 1.29 is 9.53 Å². The summed E-state index contributed by atoms with van der Waals surface area (Å²) >= 11 is 1.28. The molecule has 1 N–H and O–H groups in total. The molecule has 1 atom stereocenters. The first-order valence-electron chi connectivity index (χ1n) is 10.3. The first kappa shape index (κ1) is 20.6. The zero-order chi connectivity index (χ0) is 20.9. The van der Waals surface area contributed by atoms with Crippen molar-refractivity contribution in [2.75, 3.05) is 18.9 Å². The third-order valence-electron chi connectivity index (χ3n) is 5.24. The number of fused-ring (bicyclic) bond motifs is 1. The fraction of sp³-hybridized carbons (Fsp3) is 0.348. The normalized spacial score (nSPS) is 16.1. The summed E-state index contributed by atoms with van der Waals surface area (Å²) in [5.74, 6) is 0.0967. The lowest BCUT2D eigenvalue weighted by atomic mass is 10.1. The molecule has 1 aliphatic heterocycles. The predicted octanol–water partition coefficient (Wildman–Crippen LogP) is 3.34. The maximum atomic E-state index is 13.4. The lowest BCUT2D eigenvalue weighted by Crippen LogP contribution is -2.33. The number of benzene rings is 2. The standard InChI is InChI=1S/C23H25N3O3S/c1-2-16-8-3-6-12-20(16)26-22(28)18-10-4-5-11-19(18)25-23(26)30-15-21(27)24-14-17-9-7-13-29-17/h3-6,8,10-12,17H,2,7,9,13-15H2,1H3,(H,24,27). The lowest BCUT2D eigenvalue weighted by molar-refractivity contribution is -0.119. The Morgan fingerprint density at radius 2 is 2.03 bits per heavy atom. The highest BCUT2D eigenvalue weighted by atomic mass is 32.2. The molecule has 1 unspecified atom stereocenters. The van der Waals surface area contributed by atoms with E-state index in [1.165, 1.54) is 11.8 Å². The van der Waals surface area contributed by atoms with E-state index in [0.717, 1.165) is 37.1 Å². The van der Waals surface area contributed by atoms with Crippen LogP contribution in [0.1, 0.15) is 25.3 Å². The minimum absolute atomic E-state index is 0.0896. The molecule has 1 aromatic heterocycles. The molecular weight excluding hydrogens is 398 g/mol. The second kappa shape index (κ2) is 9.45. The van der Waals surface area contributed by atoms with E-state index in [0.29, 0.717) is 22.6 Å². The zero-order valence-electron chi connectivity index (χ0n) is 17.0. The van der Waals surface area contributed by atoms with E-state index >= 15 is 0 Å². The van der Waals surface area contributed by atoms with Gasteiger partial charge in [0, 0.05) is 13.2 Å². The number of hydrogen-bond acceptors (Lipinski definition) is 5. The zero-order valence-corrected chi connectivity index (χ0v) is 17.8. The van der Waals surface area contributed by atoms with Crippen LogP contribution < -0.4 is 10.9 Å². The molecule has 0 aliphatic carbocycles. The Balaban J connectivity index is 1.64. The number of hydrogen-bond donors (Lipinski definition) is 1. The fourth-order valence-electron chi connectivity index (χ4n) is 3.66. The van der Waals surface area contributed by atoms with Crippen LogP contribution >= 0.6 is 11.8 Å². The average Bonchev–Trinajstić information content (AvgIpc) is 3.30. The van der Waals surface area contributed by atoms with Gasteiger partial charge in [-0.3, -0.25) is 14.2 Å². The molecule has 30 heavy (non-hydrogen) atoms. The summed E-state index contributed by atoms with van der Waals surface area (Å²) in [5, 5.41) is 4.01. The number of aryl methyl sites for hydroxylation is 1. The molecule has 2 heterocycles. The van der Waals surface area contributed by atoms with Crippen LogP contribution in [0.25, 0.3) is 16.6 Å². The van der Waals surface area contributed by atoms with Gasteiger partial charge in [-0.15, -0.1) is 0 Å². The van der Waals surface area contributed by atoms with E-state index in [-0.39, 0.29) is 23.3 Å². The third-order valence-corrected chi connectivity index (χ3v) is 6.18. The van der Waals surface area contributed by atoms with Crippen molar-refractivity contribution in [3.05, 3.63) is 64.4 Å². The number of carbonyl (C=O) groups is 1. The largest absolute Gasteiger partial charge is 0.376 e. The van der Waals surface area contributed by atoms with E-state index in [9.17, 15) is 9.59 Å². The summed E-state index contributed by atoms with van der Waals surface area (Å²) in [4.78, 5) is 30.5. The number of carbonyl (C=O) groups excluding carboxylic acids is 1. The van der Waals surface area contributed by atoms with E-state index in [4.69, 9.17) is 9.72 Å². The Morgan fingerprint density at radius 1 is 1.23 bits per heavy atom. The van der Waals surface area contributed by atoms with Crippen molar-refractivity contribution >= 4 is 28.6 Å². The van der Waals surface area contributed by atoms with Gasteiger partial charge < -0.3 is 10.1 Å². The molecule has 1 amide bonds. The van der Waals surface area contributed by atoms with Crippen LogP contribution in [0.4, 0.5) is 0 Å². The molecule has 0 bridgehead atoms. The maximum Gasteiger partial charge on any atom is 0.266 e. The van der Waals surface area contributed by atoms with Crippen molar-refractivity contribution in [3.63, 3.8) is 0 Å². The van der Waals surface area contributed by atoms with Gasteiger partial charge >= 0.3 is 0 Å². The molecule has 3 aromatic rings. The molecule has 0 radical (unpaired) electrons. The fourth-order valence-corrected chi connectivity index (χ4v) is 4.50. The number of amides is 1. The molecular formula is C23H25N3O3S. The number of thioether (sulfide) groups is 1. The van der Waals surface area contributed by atoms with Gasteiger partial charge in [-0.05, 0) is 43.0 Å². The number of ether oxygens (including phenoxy) is 1. The van der Waals surface area contributed by atoms with Crippen molar-refractivity contribution in [1.29, 1.82) is 0 Å². The van der Waals surface area contributed by atoms with Crippen LogP contribution in [0.5, 0.6) is 0 Å². The predicted molar refractivity (Wildman–Crippen MR) is 119 cm³/mol. The summed E-state index contributed by atoms with van der Waals surface area (Å²) in [7, 11) is 0. The molecule has 1 aliphatic rings. The van der Waals surface area contributed by atoms with Crippen LogP contribution in [0.3, 0.4) is 0 Å². The van der Waals surface area contributed by atoms with Gasteiger partial charge in [0.15, 0.2) is 5.16 Å². The first-order chi connectivity index (χ1) is 14.7. The topological polar surface area (TPSA) is 73.2 Å². The third kappa shape index (κ3) is 4.42. The SMILES string of the molecule is CCc1ccccc1-n1c(SCC(=O)NCC2CCCO2)nc2ccccc2c1=O. The van der Waals surface area contributed by atoms with E-state index < -0.39 is 0 Å². The number of nitrogens with zero attached hydrogens (tertiary/aromatic N) is 2. The highest BCUT2D eigenvalue weighted by Crippen LogP contribution is 2.23. The Bertz CT molecular complexity index is 1110. The summed E-state index contributed by atoms with van der Waals surface area (Å²) in [6.45, 7) is 3.35. The van der Waals surface area contributed by atoms with Crippen LogP contribution in [-0.4, -0.2) is 40.5 Å². The highest BCUT2D eigenvalue weighted by Gasteiger charge is 2.18. The van der Waals surface area contributed by atoms with Gasteiger partial charge in [-0.1, -0.05) is 49.0 Å². The molecule has 0 saturated carbocycles. The molecule has 2 aromatic carbocycles. The van der Waals surface area contributed by atoms with Gasteiger partial charge in [-0.2, -0.15) is 0 Å². The van der Waals surface area contributed by atoms with Gasteiger partial charge in [0.25, 0.3) is 5.56 Å².